The lowest BCUT2D eigenvalue weighted by Gasteiger charge is -2.22. The van der Waals surface area contributed by atoms with E-state index in [1.807, 2.05) is 53.6 Å². The lowest BCUT2D eigenvalue weighted by atomic mass is 10.1. The number of para-hydroxylation sites is 1. The van der Waals surface area contributed by atoms with E-state index >= 15 is 0 Å². The third kappa shape index (κ3) is 4.90. The van der Waals surface area contributed by atoms with E-state index in [4.69, 9.17) is 4.74 Å². The number of rotatable bonds is 8. The Morgan fingerprint density at radius 2 is 1.81 bits per heavy atom. The topological polar surface area (TPSA) is 42.4 Å². The molecule has 0 unspecified atom stereocenters. The predicted octanol–water partition coefficient (Wildman–Crippen LogP) is 3.84. The van der Waals surface area contributed by atoms with Gasteiger partial charge in [-0.05, 0) is 36.1 Å². The van der Waals surface area contributed by atoms with Gasteiger partial charge < -0.3 is 9.64 Å². The van der Waals surface area contributed by atoms with E-state index in [2.05, 4.69) is 23.2 Å². The Balaban J connectivity index is 1.67. The van der Waals surface area contributed by atoms with Crippen LogP contribution in [0.2, 0.25) is 0 Å². The normalized spacial score (nSPS) is 10.8. The molecular weight excluding hydrogens is 324 g/mol. The Kier molecular flexibility index (Phi) is 6.34. The summed E-state index contributed by atoms with van der Waals surface area (Å²) in [5, 5.41) is 1.09. The van der Waals surface area contributed by atoms with Gasteiger partial charge in [0.1, 0.15) is 6.61 Å². The van der Waals surface area contributed by atoms with Gasteiger partial charge in [-0.25, -0.2) is 0 Å². The Morgan fingerprint density at radius 1 is 1.04 bits per heavy atom. The van der Waals surface area contributed by atoms with Gasteiger partial charge in [-0.1, -0.05) is 48.5 Å². The number of methoxy groups -OCH3 is 1. The van der Waals surface area contributed by atoms with Crippen LogP contribution in [0.4, 0.5) is 0 Å². The zero-order chi connectivity index (χ0) is 18.2. The van der Waals surface area contributed by atoms with Gasteiger partial charge in [-0.15, -0.1) is 0 Å². The number of amides is 1. The summed E-state index contributed by atoms with van der Waals surface area (Å²) in [6, 6.07) is 20.5. The quantitative estimate of drug-likeness (QED) is 0.621. The fourth-order valence-electron chi connectivity index (χ4n) is 3.05. The number of pyridine rings is 1. The van der Waals surface area contributed by atoms with Gasteiger partial charge in [0.25, 0.3) is 0 Å². The number of aryl methyl sites for hydroxylation is 1. The number of hydrogen-bond acceptors (Lipinski definition) is 3. The maximum atomic E-state index is 12.4. The minimum absolute atomic E-state index is 0.00807. The standard InChI is InChI=1S/C22H24N2O2/c1-26-17-22(25)24(13-7-10-18-8-3-2-4-9-18)16-19-14-20-11-5-6-12-21(20)23-15-19/h2-6,8-9,11-12,14-15H,7,10,13,16-17H2,1H3. The largest absolute Gasteiger partial charge is 0.375 e. The van der Waals surface area contributed by atoms with Crippen molar-refractivity contribution < 1.29 is 9.53 Å². The van der Waals surface area contributed by atoms with Crippen molar-refractivity contribution in [2.45, 2.75) is 19.4 Å². The molecule has 26 heavy (non-hydrogen) atoms. The van der Waals surface area contributed by atoms with Gasteiger partial charge in [-0.3, -0.25) is 9.78 Å². The van der Waals surface area contributed by atoms with Gasteiger partial charge in [-0.2, -0.15) is 0 Å². The van der Waals surface area contributed by atoms with Gasteiger partial charge in [0.15, 0.2) is 0 Å². The molecule has 1 amide bonds. The van der Waals surface area contributed by atoms with Crippen LogP contribution in [0.15, 0.2) is 66.9 Å². The second kappa shape index (κ2) is 9.11. The molecule has 2 aromatic carbocycles. The van der Waals surface area contributed by atoms with Gasteiger partial charge in [0.2, 0.25) is 5.91 Å². The molecule has 0 spiro atoms. The van der Waals surface area contributed by atoms with E-state index in [0.717, 1.165) is 29.3 Å². The number of hydrogen-bond donors (Lipinski definition) is 0. The van der Waals surface area contributed by atoms with Crippen LogP contribution in [0.3, 0.4) is 0 Å². The fourth-order valence-corrected chi connectivity index (χ4v) is 3.05. The maximum Gasteiger partial charge on any atom is 0.248 e. The van der Waals surface area contributed by atoms with Crippen LogP contribution in [-0.4, -0.2) is 36.1 Å². The van der Waals surface area contributed by atoms with Crippen LogP contribution < -0.4 is 0 Å². The highest BCUT2D eigenvalue weighted by Gasteiger charge is 2.14. The average molecular weight is 348 g/mol. The van der Waals surface area contributed by atoms with E-state index in [1.165, 1.54) is 5.56 Å². The maximum absolute atomic E-state index is 12.4. The first-order chi connectivity index (χ1) is 12.8. The van der Waals surface area contributed by atoms with Crippen molar-refractivity contribution in [2.75, 3.05) is 20.3 Å². The van der Waals surface area contributed by atoms with Crippen molar-refractivity contribution in [1.29, 1.82) is 0 Å². The van der Waals surface area contributed by atoms with Crippen molar-refractivity contribution in [3.05, 3.63) is 78.0 Å². The number of fused-ring (bicyclic) bond motifs is 1. The Labute approximate surface area is 154 Å². The third-order valence-corrected chi connectivity index (χ3v) is 4.38. The molecule has 0 radical (unpaired) electrons. The van der Waals surface area contributed by atoms with Crippen molar-refractivity contribution in [3.63, 3.8) is 0 Å². The molecule has 3 aromatic rings. The smallest absolute Gasteiger partial charge is 0.248 e. The number of aromatic nitrogens is 1. The highest BCUT2D eigenvalue weighted by Crippen LogP contribution is 2.15. The van der Waals surface area contributed by atoms with Gasteiger partial charge in [0, 0.05) is 31.8 Å². The average Bonchev–Trinajstić information content (AvgIpc) is 2.68. The molecule has 0 saturated carbocycles. The molecule has 0 fully saturated rings. The zero-order valence-corrected chi connectivity index (χ0v) is 15.1. The molecule has 134 valence electrons. The van der Waals surface area contributed by atoms with Crippen molar-refractivity contribution in [3.8, 4) is 0 Å². The first kappa shape index (κ1) is 18.1. The molecule has 3 rings (SSSR count). The highest BCUT2D eigenvalue weighted by molar-refractivity contribution is 5.79. The molecule has 1 heterocycles. The molecule has 4 nitrogen and oxygen atoms in total. The van der Waals surface area contributed by atoms with Crippen molar-refractivity contribution >= 4 is 16.8 Å². The lowest BCUT2D eigenvalue weighted by Crippen LogP contribution is -2.34. The van der Waals surface area contributed by atoms with Crippen LogP contribution in [0.25, 0.3) is 10.9 Å². The summed E-state index contributed by atoms with van der Waals surface area (Å²) in [6.45, 7) is 1.35. The van der Waals surface area contributed by atoms with E-state index < -0.39 is 0 Å². The summed E-state index contributed by atoms with van der Waals surface area (Å²) >= 11 is 0. The zero-order valence-electron chi connectivity index (χ0n) is 15.1. The highest BCUT2D eigenvalue weighted by atomic mass is 16.5. The monoisotopic (exact) mass is 348 g/mol. The Hall–Kier alpha value is -2.72. The van der Waals surface area contributed by atoms with Crippen molar-refractivity contribution in [2.24, 2.45) is 0 Å². The van der Waals surface area contributed by atoms with Crippen LogP contribution in [-0.2, 0) is 22.5 Å². The molecule has 1 aromatic heterocycles. The third-order valence-electron chi connectivity index (χ3n) is 4.38. The van der Waals surface area contributed by atoms with E-state index in [0.29, 0.717) is 13.1 Å². The Bertz CT molecular complexity index is 849. The first-order valence-corrected chi connectivity index (χ1v) is 8.90. The van der Waals surface area contributed by atoms with Crippen LogP contribution in [0.5, 0.6) is 0 Å². The first-order valence-electron chi connectivity index (χ1n) is 8.90. The molecule has 0 aliphatic heterocycles. The lowest BCUT2D eigenvalue weighted by molar-refractivity contribution is -0.135. The van der Waals surface area contributed by atoms with Gasteiger partial charge in [0.05, 0.1) is 5.52 Å². The Morgan fingerprint density at radius 3 is 2.62 bits per heavy atom. The van der Waals surface area contributed by atoms with Crippen LogP contribution in [0.1, 0.15) is 17.5 Å². The molecule has 0 aliphatic carbocycles. The number of ether oxygens (including phenoxy) is 1. The molecular formula is C22H24N2O2. The second-order valence-electron chi connectivity index (χ2n) is 6.37. The minimum Gasteiger partial charge on any atom is -0.375 e. The molecule has 0 atom stereocenters. The number of carbonyl (C=O) groups is 1. The molecule has 0 N–H and O–H groups in total. The minimum atomic E-state index is 0.00807. The summed E-state index contributed by atoms with van der Waals surface area (Å²) in [5.41, 5.74) is 3.29. The van der Waals surface area contributed by atoms with E-state index in [-0.39, 0.29) is 12.5 Å². The predicted molar refractivity (Wildman–Crippen MR) is 104 cm³/mol. The summed E-state index contributed by atoms with van der Waals surface area (Å²) < 4.78 is 5.05. The molecule has 0 bridgehead atoms. The second-order valence-corrected chi connectivity index (χ2v) is 6.37. The molecule has 4 heteroatoms. The van der Waals surface area contributed by atoms with E-state index in [1.54, 1.807) is 7.11 Å². The molecule has 0 aliphatic rings. The number of benzene rings is 2. The van der Waals surface area contributed by atoms with E-state index in [9.17, 15) is 4.79 Å². The molecule has 0 saturated heterocycles. The van der Waals surface area contributed by atoms with Crippen LogP contribution in [0, 0.1) is 0 Å². The summed E-state index contributed by atoms with van der Waals surface area (Å²) in [5.74, 6) is 0.00807. The SMILES string of the molecule is COCC(=O)N(CCCc1ccccc1)Cc1cnc2ccccc2c1. The van der Waals surface area contributed by atoms with Crippen LogP contribution >= 0.6 is 0 Å². The number of nitrogens with zero attached hydrogens (tertiary/aromatic N) is 2. The summed E-state index contributed by atoms with van der Waals surface area (Å²) in [4.78, 5) is 18.8. The van der Waals surface area contributed by atoms with Gasteiger partial charge >= 0.3 is 0 Å². The summed E-state index contributed by atoms with van der Waals surface area (Å²) in [7, 11) is 1.55. The van der Waals surface area contributed by atoms with Crippen molar-refractivity contribution in [1.82, 2.24) is 9.88 Å². The summed E-state index contributed by atoms with van der Waals surface area (Å²) in [6.07, 6.45) is 3.72. The fraction of sp³-hybridized carbons (Fsp3) is 0.273. The number of carbonyl (C=O) groups excluding carboxylic acids is 1.